The number of pyridine rings is 1. The van der Waals surface area contributed by atoms with Gasteiger partial charge in [0, 0.05) is 51.4 Å². The van der Waals surface area contributed by atoms with Crippen molar-refractivity contribution in [3.8, 4) is 5.75 Å². The van der Waals surface area contributed by atoms with Crippen LogP contribution in [0.4, 0.5) is 11.4 Å². The van der Waals surface area contributed by atoms with Gasteiger partial charge in [-0.15, -0.1) is 0 Å². The monoisotopic (exact) mass is 492 g/mol. The molecule has 2 aromatic rings. The molecule has 1 aromatic heterocycles. The number of nitrogens with zero attached hydrogens (tertiary/aromatic N) is 4. The smallest absolute Gasteiger partial charge is 0.230 e. The van der Waals surface area contributed by atoms with E-state index in [-0.39, 0.29) is 11.8 Å². The molecule has 2 aliphatic rings. The molecule has 6 heteroatoms. The first-order valence-electron chi connectivity index (χ1n) is 13.9. The van der Waals surface area contributed by atoms with E-state index in [0.717, 1.165) is 74.5 Å². The van der Waals surface area contributed by atoms with Gasteiger partial charge >= 0.3 is 0 Å². The number of rotatable bonds is 10. The molecule has 0 unspecified atom stereocenters. The zero-order valence-electron chi connectivity index (χ0n) is 22.4. The fraction of sp³-hybridized carbons (Fsp3) is 0.600. The quantitative estimate of drug-likeness (QED) is 0.439. The number of hydrogen-bond donors (Lipinski definition) is 0. The van der Waals surface area contributed by atoms with Crippen LogP contribution < -0.4 is 14.5 Å². The van der Waals surface area contributed by atoms with E-state index in [9.17, 15) is 4.79 Å². The summed E-state index contributed by atoms with van der Waals surface area (Å²) in [6, 6.07) is 12.2. The predicted molar refractivity (Wildman–Crippen MR) is 148 cm³/mol. The molecule has 1 aromatic carbocycles. The van der Waals surface area contributed by atoms with Crippen LogP contribution in [0.15, 0.2) is 48.8 Å². The van der Waals surface area contributed by atoms with Crippen molar-refractivity contribution >= 4 is 17.3 Å². The lowest BCUT2D eigenvalue weighted by atomic mass is 9.78. The van der Waals surface area contributed by atoms with Crippen LogP contribution in [0.25, 0.3) is 0 Å². The molecule has 0 N–H and O–H groups in total. The molecule has 0 spiro atoms. The van der Waals surface area contributed by atoms with Gasteiger partial charge in [0.15, 0.2) is 0 Å². The molecule has 6 nitrogen and oxygen atoms in total. The van der Waals surface area contributed by atoms with Crippen molar-refractivity contribution in [3.05, 3.63) is 48.8 Å². The molecule has 2 heterocycles. The Morgan fingerprint density at radius 2 is 1.81 bits per heavy atom. The summed E-state index contributed by atoms with van der Waals surface area (Å²) in [6.07, 6.45) is 10.7. The van der Waals surface area contributed by atoms with Crippen LogP contribution in [0, 0.1) is 17.8 Å². The van der Waals surface area contributed by atoms with Gasteiger partial charge in [0.25, 0.3) is 0 Å². The molecular formula is C30H44N4O2. The van der Waals surface area contributed by atoms with Crippen molar-refractivity contribution in [2.45, 2.75) is 52.4 Å². The van der Waals surface area contributed by atoms with Crippen molar-refractivity contribution in [3.63, 3.8) is 0 Å². The van der Waals surface area contributed by atoms with Gasteiger partial charge < -0.3 is 14.5 Å². The summed E-state index contributed by atoms with van der Waals surface area (Å²) >= 11 is 0. The van der Waals surface area contributed by atoms with Crippen molar-refractivity contribution in [2.24, 2.45) is 17.8 Å². The van der Waals surface area contributed by atoms with Crippen LogP contribution in [0.2, 0.25) is 0 Å². The predicted octanol–water partition coefficient (Wildman–Crippen LogP) is 5.49. The van der Waals surface area contributed by atoms with E-state index >= 15 is 0 Å². The standard InChI is InChI=1S/C30H44N4O2/c1-24(2)10-11-25-12-14-26(15-13-25)30(35)34(27-7-6-16-31-23-27)22-19-32-17-20-33(21-18-32)28-8-4-5-9-29(28)36-3/h4-9,16,23-26H,10-15,17-22H2,1-3H3. The molecule has 0 atom stereocenters. The van der Waals surface area contributed by atoms with E-state index in [0.29, 0.717) is 6.54 Å². The van der Waals surface area contributed by atoms with Crippen LogP contribution in [0.5, 0.6) is 5.75 Å². The molecule has 196 valence electrons. The van der Waals surface area contributed by atoms with E-state index in [1.165, 1.54) is 25.7 Å². The number of piperazine rings is 1. The van der Waals surface area contributed by atoms with E-state index in [1.54, 1.807) is 13.3 Å². The molecule has 36 heavy (non-hydrogen) atoms. The Kier molecular flexibility index (Phi) is 9.62. The molecule has 0 radical (unpaired) electrons. The number of hydrogen-bond acceptors (Lipinski definition) is 5. The Morgan fingerprint density at radius 1 is 1.06 bits per heavy atom. The average molecular weight is 493 g/mol. The third kappa shape index (κ3) is 7.00. The van der Waals surface area contributed by atoms with Crippen molar-refractivity contribution < 1.29 is 9.53 Å². The second-order valence-electron chi connectivity index (χ2n) is 10.9. The summed E-state index contributed by atoms with van der Waals surface area (Å²) in [5, 5.41) is 0. The Labute approximate surface area is 217 Å². The van der Waals surface area contributed by atoms with Gasteiger partial charge in [0.1, 0.15) is 5.75 Å². The number of aromatic nitrogens is 1. The summed E-state index contributed by atoms with van der Waals surface area (Å²) in [5.41, 5.74) is 2.09. The number of para-hydroxylation sites is 2. The Balaban J connectivity index is 1.32. The molecule has 0 bridgehead atoms. The van der Waals surface area contributed by atoms with Gasteiger partial charge in [0.05, 0.1) is 24.7 Å². The third-order valence-corrected chi connectivity index (χ3v) is 8.01. The SMILES string of the molecule is COc1ccccc1N1CCN(CCN(C(=O)C2CCC(CCC(C)C)CC2)c2cccnc2)CC1. The van der Waals surface area contributed by atoms with Gasteiger partial charge in [0.2, 0.25) is 5.91 Å². The van der Waals surface area contributed by atoms with Crippen LogP contribution >= 0.6 is 0 Å². The van der Waals surface area contributed by atoms with E-state index in [1.807, 2.05) is 35.4 Å². The highest BCUT2D eigenvalue weighted by Crippen LogP contribution is 2.34. The van der Waals surface area contributed by atoms with E-state index in [2.05, 4.69) is 40.8 Å². The van der Waals surface area contributed by atoms with E-state index in [4.69, 9.17) is 4.74 Å². The number of carbonyl (C=O) groups excluding carboxylic acids is 1. The lowest BCUT2D eigenvalue weighted by molar-refractivity contribution is -0.123. The lowest BCUT2D eigenvalue weighted by Crippen LogP contribution is -2.49. The number of carbonyl (C=O) groups is 1. The van der Waals surface area contributed by atoms with Gasteiger partial charge in [-0.2, -0.15) is 0 Å². The molecule has 1 aliphatic heterocycles. The first-order valence-corrected chi connectivity index (χ1v) is 13.9. The summed E-state index contributed by atoms with van der Waals surface area (Å²) in [4.78, 5) is 24.9. The minimum absolute atomic E-state index is 0.142. The highest BCUT2D eigenvalue weighted by molar-refractivity contribution is 5.95. The highest BCUT2D eigenvalue weighted by atomic mass is 16.5. The third-order valence-electron chi connectivity index (χ3n) is 8.01. The maximum Gasteiger partial charge on any atom is 0.230 e. The van der Waals surface area contributed by atoms with Gasteiger partial charge in [-0.1, -0.05) is 38.8 Å². The van der Waals surface area contributed by atoms with Gasteiger partial charge in [-0.25, -0.2) is 0 Å². The molecule has 2 fully saturated rings. The molecule has 4 rings (SSSR count). The fourth-order valence-corrected chi connectivity index (χ4v) is 5.71. The van der Waals surface area contributed by atoms with Crippen LogP contribution in [0.3, 0.4) is 0 Å². The second-order valence-corrected chi connectivity index (χ2v) is 10.9. The Morgan fingerprint density at radius 3 is 2.47 bits per heavy atom. The summed E-state index contributed by atoms with van der Waals surface area (Å²) in [5.74, 6) is 2.92. The van der Waals surface area contributed by atoms with Crippen molar-refractivity contribution in [1.82, 2.24) is 9.88 Å². The Bertz CT molecular complexity index is 935. The van der Waals surface area contributed by atoms with Gasteiger partial charge in [-0.3, -0.25) is 14.7 Å². The normalized spacial score (nSPS) is 20.9. The molecule has 1 amide bonds. The topological polar surface area (TPSA) is 48.9 Å². The molecular weight excluding hydrogens is 448 g/mol. The van der Waals surface area contributed by atoms with Crippen molar-refractivity contribution in [1.29, 1.82) is 0 Å². The molecule has 1 saturated heterocycles. The maximum absolute atomic E-state index is 13.7. The average Bonchev–Trinajstić information content (AvgIpc) is 2.93. The number of anilines is 2. The Hall–Kier alpha value is -2.60. The van der Waals surface area contributed by atoms with Gasteiger partial charge in [-0.05, 0) is 61.8 Å². The maximum atomic E-state index is 13.7. The number of benzene rings is 1. The van der Waals surface area contributed by atoms with Crippen LogP contribution in [-0.2, 0) is 4.79 Å². The summed E-state index contributed by atoms with van der Waals surface area (Å²) in [6.45, 7) is 10.1. The second kappa shape index (κ2) is 13.1. The fourth-order valence-electron chi connectivity index (χ4n) is 5.71. The van der Waals surface area contributed by atoms with Crippen LogP contribution in [-0.4, -0.2) is 62.2 Å². The molecule has 1 saturated carbocycles. The zero-order chi connectivity index (χ0) is 25.3. The highest BCUT2D eigenvalue weighted by Gasteiger charge is 2.31. The number of methoxy groups -OCH3 is 1. The number of amides is 1. The van der Waals surface area contributed by atoms with E-state index < -0.39 is 0 Å². The molecule has 1 aliphatic carbocycles. The van der Waals surface area contributed by atoms with Crippen LogP contribution in [0.1, 0.15) is 52.4 Å². The first-order chi connectivity index (χ1) is 17.5. The summed E-state index contributed by atoms with van der Waals surface area (Å²) in [7, 11) is 1.73. The minimum atomic E-state index is 0.142. The number of ether oxygens (including phenoxy) is 1. The van der Waals surface area contributed by atoms with Crippen molar-refractivity contribution in [2.75, 3.05) is 56.2 Å². The lowest BCUT2D eigenvalue weighted by Gasteiger charge is -2.38. The largest absolute Gasteiger partial charge is 0.495 e. The summed E-state index contributed by atoms with van der Waals surface area (Å²) < 4.78 is 5.56. The first kappa shape index (κ1) is 26.5. The minimum Gasteiger partial charge on any atom is -0.495 e. The zero-order valence-corrected chi connectivity index (χ0v) is 22.4.